The Balaban J connectivity index is 2.44. The molecule has 0 bridgehead atoms. The first kappa shape index (κ1) is 33.8. The summed E-state index contributed by atoms with van der Waals surface area (Å²) in [6, 6.07) is 0. The molecule has 0 aliphatic heterocycles. The van der Waals surface area contributed by atoms with Gasteiger partial charge in [0.15, 0.2) is 11.5 Å². The van der Waals surface area contributed by atoms with E-state index >= 15 is 0 Å². The molecule has 0 radical (unpaired) electrons. The lowest BCUT2D eigenvalue weighted by Gasteiger charge is -2.17. The van der Waals surface area contributed by atoms with Crippen LogP contribution in [0.15, 0.2) is 4.99 Å². The zero-order chi connectivity index (χ0) is 28.0. The molecular weight excluding hydrogens is 478 g/mol. The van der Waals surface area contributed by atoms with Crippen molar-refractivity contribution in [1.29, 1.82) is 0 Å². The Labute approximate surface area is 232 Å². The van der Waals surface area contributed by atoms with Crippen LogP contribution in [0.4, 0.5) is 5.69 Å². The SMILES string of the molecule is CCCCCCCCCCCCCCCCc1c(O)c(N=CCCC(=O)OCCCC)c(C)c(O)c1OC. The number of rotatable bonds is 23. The molecule has 1 rings (SSSR count). The summed E-state index contributed by atoms with van der Waals surface area (Å²) < 4.78 is 10.6. The van der Waals surface area contributed by atoms with Crippen molar-refractivity contribution in [2.45, 2.75) is 143 Å². The summed E-state index contributed by atoms with van der Waals surface area (Å²) in [5, 5.41) is 21.6. The van der Waals surface area contributed by atoms with E-state index in [1.165, 1.54) is 84.2 Å². The zero-order valence-electron chi connectivity index (χ0n) is 24.8. The molecule has 0 aliphatic rings. The minimum atomic E-state index is -0.248. The molecule has 0 fully saturated rings. The van der Waals surface area contributed by atoms with Gasteiger partial charge in [-0.3, -0.25) is 9.79 Å². The van der Waals surface area contributed by atoms with Crippen molar-refractivity contribution in [3.05, 3.63) is 11.1 Å². The maximum atomic E-state index is 11.8. The van der Waals surface area contributed by atoms with E-state index in [4.69, 9.17) is 9.47 Å². The number of aliphatic imine (C=N–C) groups is 1. The van der Waals surface area contributed by atoms with E-state index in [9.17, 15) is 15.0 Å². The fourth-order valence-corrected chi connectivity index (χ4v) is 4.70. The molecule has 1 aromatic rings. The lowest BCUT2D eigenvalue weighted by Crippen LogP contribution is -2.05. The molecule has 0 unspecified atom stereocenters. The van der Waals surface area contributed by atoms with Crippen molar-refractivity contribution < 1.29 is 24.5 Å². The minimum Gasteiger partial charge on any atom is -0.505 e. The van der Waals surface area contributed by atoms with Crippen molar-refractivity contribution in [3.63, 3.8) is 0 Å². The van der Waals surface area contributed by atoms with Crippen LogP contribution in [0.5, 0.6) is 17.2 Å². The van der Waals surface area contributed by atoms with Crippen molar-refractivity contribution in [3.8, 4) is 17.2 Å². The van der Waals surface area contributed by atoms with Crippen LogP contribution in [0.25, 0.3) is 0 Å². The Hall–Kier alpha value is -2.24. The molecule has 0 heterocycles. The average Bonchev–Trinajstić information content (AvgIpc) is 2.91. The highest BCUT2D eigenvalue weighted by atomic mass is 16.5. The monoisotopic (exact) mass is 533 g/mol. The number of methoxy groups -OCH3 is 1. The maximum Gasteiger partial charge on any atom is 0.306 e. The zero-order valence-corrected chi connectivity index (χ0v) is 24.8. The average molecular weight is 534 g/mol. The van der Waals surface area contributed by atoms with E-state index in [0.29, 0.717) is 42.0 Å². The summed E-state index contributed by atoms with van der Waals surface area (Å²) in [4.78, 5) is 16.2. The van der Waals surface area contributed by atoms with Gasteiger partial charge < -0.3 is 19.7 Å². The van der Waals surface area contributed by atoms with Gasteiger partial charge in [-0.15, -0.1) is 0 Å². The highest BCUT2D eigenvalue weighted by Gasteiger charge is 2.21. The maximum absolute atomic E-state index is 11.8. The molecule has 0 aromatic heterocycles. The summed E-state index contributed by atoms with van der Waals surface area (Å²) in [7, 11) is 1.51. The molecule has 0 spiro atoms. The van der Waals surface area contributed by atoms with Gasteiger partial charge >= 0.3 is 5.97 Å². The fourth-order valence-electron chi connectivity index (χ4n) is 4.70. The first-order valence-electron chi connectivity index (χ1n) is 15.3. The summed E-state index contributed by atoms with van der Waals surface area (Å²) >= 11 is 0. The predicted octanol–water partition coefficient (Wildman–Crippen LogP) is 9.26. The first-order valence-corrected chi connectivity index (χ1v) is 15.3. The first-order chi connectivity index (χ1) is 18.5. The Morgan fingerprint density at radius 2 is 1.32 bits per heavy atom. The van der Waals surface area contributed by atoms with Crippen LogP contribution < -0.4 is 4.74 Å². The second-order valence-corrected chi connectivity index (χ2v) is 10.5. The van der Waals surface area contributed by atoms with Gasteiger partial charge in [0, 0.05) is 17.3 Å². The number of carbonyl (C=O) groups is 1. The molecular formula is C32H55NO5. The van der Waals surface area contributed by atoms with Gasteiger partial charge in [0.25, 0.3) is 0 Å². The molecule has 1 aromatic carbocycles. The number of esters is 1. The molecule has 218 valence electrons. The van der Waals surface area contributed by atoms with Gasteiger partial charge in [0.2, 0.25) is 0 Å². The van der Waals surface area contributed by atoms with Gasteiger partial charge in [0.1, 0.15) is 11.4 Å². The molecule has 38 heavy (non-hydrogen) atoms. The second kappa shape index (κ2) is 21.7. The van der Waals surface area contributed by atoms with Crippen LogP contribution >= 0.6 is 0 Å². The van der Waals surface area contributed by atoms with Crippen LogP contribution in [0.1, 0.15) is 141 Å². The molecule has 2 N–H and O–H groups in total. The normalized spacial score (nSPS) is 11.4. The quantitative estimate of drug-likeness (QED) is 0.0633. The molecule has 0 amide bonds. The largest absolute Gasteiger partial charge is 0.505 e. The fraction of sp³-hybridized carbons (Fsp3) is 0.750. The third-order valence-corrected chi connectivity index (χ3v) is 7.15. The van der Waals surface area contributed by atoms with Crippen LogP contribution in [-0.4, -0.2) is 36.1 Å². The second-order valence-electron chi connectivity index (χ2n) is 10.5. The van der Waals surface area contributed by atoms with Gasteiger partial charge in [-0.05, 0) is 32.6 Å². The van der Waals surface area contributed by atoms with E-state index < -0.39 is 0 Å². The van der Waals surface area contributed by atoms with E-state index in [0.717, 1.165) is 25.7 Å². The van der Waals surface area contributed by atoms with Gasteiger partial charge in [-0.25, -0.2) is 0 Å². The lowest BCUT2D eigenvalue weighted by atomic mass is 9.99. The number of benzene rings is 1. The summed E-state index contributed by atoms with van der Waals surface area (Å²) in [6.45, 7) is 6.47. The highest BCUT2D eigenvalue weighted by molar-refractivity contribution is 5.78. The lowest BCUT2D eigenvalue weighted by molar-refractivity contribution is -0.143. The number of unbranched alkanes of at least 4 members (excludes halogenated alkanes) is 14. The number of carbonyl (C=O) groups excluding carboxylic acids is 1. The summed E-state index contributed by atoms with van der Waals surface area (Å²) in [5.41, 5.74) is 1.40. The highest BCUT2D eigenvalue weighted by Crippen LogP contribution is 2.47. The van der Waals surface area contributed by atoms with E-state index in [1.54, 1.807) is 13.1 Å². The van der Waals surface area contributed by atoms with E-state index in [-0.39, 0.29) is 23.9 Å². The summed E-state index contributed by atoms with van der Waals surface area (Å²) in [5.74, 6) is 0.139. The van der Waals surface area contributed by atoms with Gasteiger partial charge in [0.05, 0.1) is 20.1 Å². The van der Waals surface area contributed by atoms with Crippen LogP contribution in [0, 0.1) is 6.92 Å². The number of hydrogen-bond donors (Lipinski definition) is 2. The molecule has 0 atom stereocenters. The third kappa shape index (κ3) is 13.5. The minimum absolute atomic E-state index is 0.0109. The number of hydrogen-bond acceptors (Lipinski definition) is 6. The summed E-state index contributed by atoms with van der Waals surface area (Å²) in [6.07, 6.45) is 22.7. The van der Waals surface area contributed by atoms with Crippen molar-refractivity contribution in [1.82, 2.24) is 0 Å². The van der Waals surface area contributed by atoms with Crippen LogP contribution in [0.3, 0.4) is 0 Å². The Morgan fingerprint density at radius 1 is 0.789 bits per heavy atom. The van der Waals surface area contributed by atoms with Crippen LogP contribution in [-0.2, 0) is 16.0 Å². The molecule has 0 saturated heterocycles. The number of phenols is 2. The molecule has 0 saturated carbocycles. The Kier molecular flexibility index (Phi) is 19.3. The Bertz CT molecular complexity index is 806. The predicted molar refractivity (Wildman–Crippen MR) is 158 cm³/mol. The van der Waals surface area contributed by atoms with Gasteiger partial charge in [-0.1, -0.05) is 104 Å². The number of aromatic hydroxyl groups is 2. The molecule has 0 aliphatic carbocycles. The van der Waals surface area contributed by atoms with Crippen molar-refractivity contribution >= 4 is 17.9 Å². The molecule has 6 heteroatoms. The number of phenolic OH excluding ortho intramolecular Hbond substituents is 2. The van der Waals surface area contributed by atoms with Crippen LogP contribution in [0.2, 0.25) is 0 Å². The standard InChI is InChI=1S/C32H55NO5/c1-5-7-9-10-11-12-13-14-15-16-17-18-19-20-22-27-31(36)29(26(3)30(35)32(27)37-4)33-24-21-23-28(34)38-25-8-6-2/h24,35-36H,5-23,25H2,1-4H3. The topological polar surface area (TPSA) is 88.4 Å². The van der Waals surface area contributed by atoms with Crippen molar-refractivity contribution in [2.24, 2.45) is 4.99 Å². The third-order valence-electron chi connectivity index (χ3n) is 7.15. The number of ether oxygens (including phenoxy) is 2. The smallest absolute Gasteiger partial charge is 0.306 e. The van der Waals surface area contributed by atoms with E-state index in [1.807, 2.05) is 6.92 Å². The number of nitrogens with zero attached hydrogens (tertiary/aromatic N) is 1. The Morgan fingerprint density at radius 3 is 1.84 bits per heavy atom. The van der Waals surface area contributed by atoms with E-state index in [2.05, 4.69) is 11.9 Å². The molecule has 6 nitrogen and oxygen atoms in total. The van der Waals surface area contributed by atoms with Gasteiger partial charge in [-0.2, -0.15) is 0 Å². The van der Waals surface area contributed by atoms with Crippen molar-refractivity contribution in [2.75, 3.05) is 13.7 Å².